The number of aromatic nitrogens is 3. The lowest BCUT2D eigenvalue weighted by molar-refractivity contribution is -0.111. The molecule has 132 valence electrons. The summed E-state index contributed by atoms with van der Waals surface area (Å²) in [6.45, 7) is 1.94. The van der Waals surface area contributed by atoms with E-state index in [0.29, 0.717) is 5.02 Å². The van der Waals surface area contributed by atoms with E-state index in [2.05, 4.69) is 15.5 Å². The van der Waals surface area contributed by atoms with Crippen LogP contribution in [0.5, 0.6) is 0 Å². The Hall–Kier alpha value is -2.57. The summed E-state index contributed by atoms with van der Waals surface area (Å²) >= 11 is 7.60. The molecule has 2 aromatic carbocycles. The van der Waals surface area contributed by atoms with Gasteiger partial charge in [0.25, 0.3) is 0 Å². The first-order valence-corrected chi connectivity index (χ1v) is 9.08. The maximum atomic E-state index is 12.1. The molecule has 0 radical (unpaired) electrons. The number of carbonyl (C=O) groups excluding carboxylic acids is 1. The van der Waals surface area contributed by atoms with Crippen LogP contribution in [-0.4, -0.2) is 20.7 Å². The Morgan fingerprint density at radius 1 is 1.23 bits per heavy atom. The second-order valence-electron chi connectivity index (χ2n) is 5.68. The maximum absolute atomic E-state index is 12.1. The molecule has 0 aliphatic heterocycles. The van der Waals surface area contributed by atoms with Gasteiger partial charge in [-0.2, -0.15) is 0 Å². The molecule has 0 atom stereocenters. The van der Waals surface area contributed by atoms with E-state index < -0.39 is 0 Å². The Labute approximate surface area is 161 Å². The van der Waals surface area contributed by atoms with E-state index in [9.17, 15) is 4.79 Å². The van der Waals surface area contributed by atoms with Gasteiger partial charge in [-0.3, -0.25) is 4.79 Å². The van der Waals surface area contributed by atoms with Gasteiger partial charge in [0.2, 0.25) is 5.91 Å². The zero-order chi connectivity index (χ0) is 18.5. The van der Waals surface area contributed by atoms with E-state index in [1.54, 1.807) is 12.4 Å². The molecule has 1 amide bonds. The first-order chi connectivity index (χ1) is 12.5. The Kier molecular flexibility index (Phi) is 5.75. The van der Waals surface area contributed by atoms with Crippen molar-refractivity contribution < 1.29 is 4.79 Å². The van der Waals surface area contributed by atoms with Crippen molar-refractivity contribution >= 4 is 41.0 Å². The van der Waals surface area contributed by atoms with Crippen LogP contribution < -0.4 is 5.32 Å². The number of amides is 1. The fraction of sp³-hybridized carbons (Fsp3) is 0.105. The van der Waals surface area contributed by atoms with Crippen LogP contribution in [0.15, 0.2) is 64.9 Å². The molecule has 0 saturated heterocycles. The van der Waals surface area contributed by atoms with Crippen molar-refractivity contribution in [2.75, 3.05) is 5.32 Å². The number of anilines is 1. The molecule has 3 rings (SSSR count). The average molecular weight is 385 g/mol. The highest BCUT2D eigenvalue weighted by molar-refractivity contribution is 7.99. The molecule has 1 N–H and O–H groups in total. The zero-order valence-electron chi connectivity index (χ0n) is 14.3. The third kappa shape index (κ3) is 4.74. The number of benzene rings is 2. The van der Waals surface area contributed by atoms with Gasteiger partial charge in [0.05, 0.1) is 0 Å². The SMILES string of the molecule is Cc1ccc(/C=C/C(=O)Nc2ccc(Sc3nncn3C)cc2)cc1Cl. The largest absolute Gasteiger partial charge is 0.323 e. The van der Waals surface area contributed by atoms with Gasteiger partial charge < -0.3 is 9.88 Å². The summed E-state index contributed by atoms with van der Waals surface area (Å²) in [4.78, 5) is 13.1. The highest BCUT2D eigenvalue weighted by Crippen LogP contribution is 2.26. The first-order valence-electron chi connectivity index (χ1n) is 7.88. The first kappa shape index (κ1) is 18.2. The van der Waals surface area contributed by atoms with Gasteiger partial charge in [-0.05, 0) is 66.2 Å². The normalized spacial score (nSPS) is 11.0. The monoisotopic (exact) mass is 384 g/mol. The smallest absolute Gasteiger partial charge is 0.248 e. The number of nitrogens with zero attached hydrogens (tertiary/aromatic N) is 3. The fourth-order valence-corrected chi connectivity index (χ4v) is 3.10. The van der Waals surface area contributed by atoms with Crippen LogP contribution in [0.2, 0.25) is 5.02 Å². The van der Waals surface area contributed by atoms with Gasteiger partial charge in [-0.25, -0.2) is 0 Å². The standard InChI is InChI=1S/C19H17ClN4OS/c1-13-3-4-14(11-17(13)20)5-10-18(25)22-15-6-8-16(9-7-15)26-19-23-21-12-24(19)2/h3-12H,1-2H3,(H,22,25)/b10-5+. The van der Waals surface area contributed by atoms with E-state index in [1.165, 1.54) is 17.8 Å². The van der Waals surface area contributed by atoms with E-state index >= 15 is 0 Å². The van der Waals surface area contributed by atoms with Crippen LogP contribution in [0.25, 0.3) is 6.08 Å². The molecule has 0 aliphatic rings. The van der Waals surface area contributed by atoms with Gasteiger partial charge in [0.15, 0.2) is 5.16 Å². The Morgan fingerprint density at radius 2 is 2.00 bits per heavy atom. The highest BCUT2D eigenvalue weighted by atomic mass is 35.5. The van der Waals surface area contributed by atoms with E-state index in [1.807, 2.05) is 61.0 Å². The van der Waals surface area contributed by atoms with Crippen LogP contribution in [0.1, 0.15) is 11.1 Å². The summed E-state index contributed by atoms with van der Waals surface area (Å²) in [5, 5.41) is 12.2. The van der Waals surface area contributed by atoms with Crippen LogP contribution in [0.3, 0.4) is 0 Å². The number of rotatable bonds is 5. The summed E-state index contributed by atoms with van der Waals surface area (Å²) in [7, 11) is 1.89. The predicted molar refractivity (Wildman–Crippen MR) is 105 cm³/mol. The number of nitrogens with one attached hydrogen (secondary N) is 1. The van der Waals surface area contributed by atoms with Crippen LogP contribution in [0, 0.1) is 6.92 Å². The number of carbonyl (C=O) groups is 1. The number of aryl methyl sites for hydroxylation is 2. The fourth-order valence-electron chi connectivity index (χ4n) is 2.15. The molecule has 1 heterocycles. The zero-order valence-corrected chi connectivity index (χ0v) is 15.9. The molecule has 0 fully saturated rings. The van der Waals surface area contributed by atoms with E-state index in [0.717, 1.165) is 26.9 Å². The molecule has 1 aromatic heterocycles. The number of hydrogen-bond acceptors (Lipinski definition) is 4. The van der Waals surface area contributed by atoms with Gasteiger partial charge in [-0.1, -0.05) is 23.7 Å². The summed E-state index contributed by atoms with van der Waals surface area (Å²) in [5.74, 6) is -0.199. The van der Waals surface area contributed by atoms with E-state index in [4.69, 9.17) is 11.6 Å². The van der Waals surface area contributed by atoms with Crippen LogP contribution in [0.4, 0.5) is 5.69 Å². The van der Waals surface area contributed by atoms with E-state index in [-0.39, 0.29) is 5.91 Å². The van der Waals surface area contributed by atoms with Crippen molar-refractivity contribution in [1.82, 2.24) is 14.8 Å². The molecule has 7 heteroatoms. The second kappa shape index (κ2) is 8.21. The summed E-state index contributed by atoms with van der Waals surface area (Å²) in [6, 6.07) is 13.2. The quantitative estimate of drug-likeness (QED) is 0.654. The van der Waals surface area contributed by atoms with Crippen molar-refractivity contribution in [2.45, 2.75) is 17.0 Å². The third-order valence-electron chi connectivity index (χ3n) is 3.62. The van der Waals surface area contributed by atoms with Gasteiger partial charge in [0.1, 0.15) is 6.33 Å². The van der Waals surface area contributed by atoms with Gasteiger partial charge >= 0.3 is 0 Å². The molecular weight excluding hydrogens is 368 g/mol. The second-order valence-corrected chi connectivity index (χ2v) is 7.13. The van der Waals surface area contributed by atoms with Crippen molar-refractivity contribution in [1.29, 1.82) is 0 Å². The molecule has 26 heavy (non-hydrogen) atoms. The number of halogens is 1. The molecule has 0 unspecified atom stereocenters. The van der Waals surface area contributed by atoms with Crippen LogP contribution >= 0.6 is 23.4 Å². The minimum Gasteiger partial charge on any atom is -0.323 e. The molecular formula is C19H17ClN4OS. The van der Waals surface area contributed by atoms with Gasteiger partial charge in [-0.15, -0.1) is 10.2 Å². The lowest BCUT2D eigenvalue weighted by Crippen LogP contribution is -2.07. The highest BCUT2D eigenvalue weighted by Gasteiger charge is 2.04. The molecule has 5 nitrogen and oxygen atoms in total. The topological polar surface area (TPSA) is 59.8 Å². The molecule has 0 aliphatic carbocycles. The lowest BCUT2D eigenvalue weighted by Gasteiger charge is -2.04. The van der Waals surface area contributed by atoms with Crippen LogP contribution in [-0.2, 0) is 11.8 Å². The van der Waals surface area contributed by atoms with Crippen molar-refractivity contribution in [3.8, 4) is 0 Å². The Morgan fingerprint density at radius 3 is 2.65 bits per heavy atom. The Balaban J connectivity index is 1.59. The lowest BCUT2D eigenvalue weighted by atomic mass is 10.1. The van der Waals surface area contributed by atoms with Crippen molar-refractivity contribution in [3.63, 3.8) is 0 Å². The minimum atomic E-state index is -0.199. The number of hydrogen-bond donors (Lipinski definition) is 1. The average Bonchev–Trinajstić information content (AvgIpc) is 3.02. The van der Waals surface area contributed by atoms with Crippen molar-refractivity contribution in [3.05, 3.63) is 71.0 Å². The summed E-state index contributed by atoms with van der Waals surface area (Å²) in [6.07, 6.45) is 4.88. The molecule has 0 spiro atoms. The minimum absolute atomic E-state index is 0.199. The third-order valence-corrected chi connectivity index (χ3v) is 5.09. The predicted octanol–water partition coefficient (Wildman–Crippen LogP) is 4.58. The molecule has 0 saturated carbocycles. The van der Waals surface area contributed by atoms with Gasteiger partial charge in [0, 0.05) is 28.7 Å². The molecule has 3 aromatic rings. The summed E-state index contributed by atoms with van der Waals surface area (Å²) in [5.41, 5.74) is 2.61. The van der Waals surface area contributed by atoms with Crippen molar-refractivity contribution in [2.24, 2.45) is 7.05 Å². The maximum Gasteiger partial charge on any atom is 0.248 e. The Bertz CT molecular complexity index is 950. The molecule has 0 bridgehead atoms. The summed E-state index contributed by atoms with van der Waals surface area (Å²) < 4.78 is 1.85.